The van der Waals surface area contributed by atoms with E-state index in [0.29, 0.717) is 6.54 Å². The summed E-state index contributed by atoms with van der Waals surface area (Å²) in [4.78, 5) is 11.6. The third-order valence-electron chi connectivity index (χ3n) is 3.49. The molecule has 2 unspecified atom stereocenters. The zero-order valence-electron chi connectivity index (χ0n) is 12.1. The molecule has 3 N–H and O–H groups in total. The summed E-state index contributed by atoms with van der Waals surface area (Å²) in [6.45, 7) is 6.38. The minimum atomic E-state index is -0.888. The maximum absolute atomic E-state index is 11.6. The van der Waals surface area contributed by atoms with Gasteiger partial charge in [0.25, 0.3) is 0 Å². The van der Waals surface area contributed by atoms with E-state index in [-0.39, 0.29) is 18.5 Å². The minimum Gasteiger partial charge on any atom is -0.388 e. The van der Waals surface area contributed by atoms with Gasteiger partial charge in [-0.2, -0.15) is 5.10 Å². The lowest BCUT2D eigenvalue weighted by atomic mass is 9.89. The summed E-state index contributed by atoms with van der Waals surface area (Å²) >= 11 is 0. The number of aryl methyl sites for hydroxylation is 1. The van der Waals surface area contributed by atoms with Gasteiger partial charge in [-0.3, -0.25) is 4.68 Å². The summed E-state index contributed by atoms with van der Waals surface area (Å²) in [5, 5.41) is 19.6. The number of amides is 2. The summed E-state index contributed by atoms with van der Waals surface area (Å²) in [5.74, 6) is 0.131. The first kappa shape index (κ1) is 15.5. The van der Waals surface area contributed by atoms with Crippen LogP contribution in [0.5, 0.6) is 0 Å². The van der Waals surface area contributed by atoms with E-state index < -0.39 is 5.60 Å². The van der Waals surface area contributed by atoms with Crippen LogP contribution < -0.4 is 10.6 Å². The van der Waals surface area contributed by atoms with Crippen LogP contribution in [0, 0.1) is 5.92 Å². The highest BCUT2D eigenvalue weighted by molar-refractivity contribution is 5.73. The van der Waals surface area contributed by atoms with Crippen LogP contribution in [0.1, 0.15) is 32.8 Å². The molecule has 19 heavy (non-hydrogen) atoms. The van der Waals surface area contributed by atoms with Crippen LogP contribution in [0.3, 0.4) is 0 Å². The van der Waals surface area contributed by atoms with Crippen molar-refractivity contribution in [2.75, 3.05) is 6.54 Å². The third kappa shape index (κ3) is 4.90. The molecular weight excluding hydrogens is 244 g/mol. The molecule has 6 nitrogen and oxygen atoms in total. The fourth-order valence-corrected chi connectivity index (χ4v) is 1.68. The number of urea groups is 1. The molecular formula is C13H24N4O2. The largest absolute Gasteiger partial charge is 0.388 e. The molecule has 0 spiro atoms. The van der Waals surface area contributed by atoms with Crippen molar-refractivity contribution in [3.05, 3.63) is 18.0 Å². The number of nitrogens with one attached hydrogen (secondary N) is 2. The minimum absolute atomic E-state index is 0.131. The quantitative estimate of drug-likeness (QED) is 0.720. The van der Waals surface area contributed by atoms with E-state index in [1.807, 2.05) is 27.1 Å². The number of aliphatic hydroxyl groups is 1. The van der Waals surface area contributed by atoms with Crippen molar-refractivity contribution < 1.29 is 9.90 Å². The first-order valence-electron chi connectivity index (χ1n) is 6.56. The second-order valence-electron chi connectivity index (χ2n) is 5.22. The molecule has 0 bridgehead atoms. The molecule has 0 saturated heterocycles. The number of carbonyl (C=O) groups excluding carboxylic acids is 1. The third-order valence-corrected chi connectivity index (χ3v) is 3.49. The number of aromatic nitrogens is 2. The Kier molecular flexibility index (Phi) is 5.35. The predicted octanol–water partition coefficient (Wildman–Crippen LogP) is 1.02. The summed E-state index contributed by atoms with van der Waals surface area (Å²) < 4.78 is 1.68. The molecule has 0 saturated carbocycles. The smallest absolute Gasteiger partial charge is 0.315 e. The van der Waals surface area contributed by atoms with E-state index in [1.165, 1.54) is 0 Å². The summed E-state index contributed by atoms with van der Waals surface area (Å²) in [7, 11) is 1.83. The van der Waals surface area contributed by atoms with Crippen LogP contribution in [0.25, 0.3) is 0 Å². The fourth-order valence-electron chi connectivity index (χ4n) is 1.68. The van der Waals surface area contributed by atoms with Crippen LogP contribution in [-0.4, -0.2) is 33.1 Å². The van der Waals surface area contributed by atoms with Crippen LogP contribution in [0.2, 0.25) is 0 Å². The Morgan fingerprint density at radius 2 is 2.26 bits per heavy atom. The summed E-state index contributed by atoms with van der Waals surface area (Å²) in [6, 6.07) is -0.285. The molecule has 1 heterocycles. The average molecular weight is 268 g/mol. The molecule has 108 valence electrons. The molecule has 1 aromatic heterocycles. The van der Waals surface area contributed by atoms with Crippen molar-refractivity contribution in [2.24, 2.45) is 13.0 Å². The van der Waals surface area contributed by atoms with Crippen molar-refractivity contribution in [1.82, 2.24) is 20.4 Å². The second kappa shape index (κ2) is 6.56. The van der Waals surface area contributed by atoms with E-state index in [2.05, 4.69) is 15.7 Å². The van der Waals surface area contributed by atoms with Gasteiger partial charge >= 0.3 is 6.03 Å². The van der Waals surface area contributed by atoms with E-state index in [4.69, 9.17) is 0 Å². The van der Waals surface area contributed by atoms with Gasteiger partial charge in [0.1, 0.15) is 0 Å². The standard InChI is InChI=1S/C13H24N4O2/c1-5-10(2)13(3,19)9-15-12(18)14-6-11-7-16-17(4)8-11/h7-8,10,19H,5-6,9H2,1-4H3,(H2,14,15,18). The monoisotopic (exact) mass is 268 g/mol. The Morgan fingerprint density at radius 1 is 1.58 bits per heavy atom. The van der Waals surface area contributed by atoms with Crippen molar-refractivity contribution in [1.29, 1.82) is 0 Å². The molecule has 2 amide bonds. The molecule has 0 aliphatic carbocycles. The fraction of sp³-hybridized carbons (Fsp3) is 0.692. The van der Waals surface area contributed by atoms with Gasteiger partial charge in [0, 0.05) is 31.9 Å². The molecule has 0 aromatic carbocycles. The van der Waals surface area contributed by atoms with Crippen LogP contribution in [-0.2, 0) is 13.6 Å². The normalized spacial score (nSPS) is 15.6. The lowest BCUT2D eigenvalue weighted by Crippen LogP contribution is -2.47. The van der Waals surface area contributed by atoms with Gasteiger partial charge in [0.2, 0.25) is 0 Å². The lowest BCUT2D eigenvalue weighted by Gasteiger charge is -2.29. The highest BCUT2D eigenvalue weighted by Crippen LogP contribution is 2.18. The van der Waals surface area contributed by atoms with Crippen LogP contribution in [0.15, 0.2) is 12.4 Å². The van der Waals surface area contributed by atoms with Gasteiger partial charge in [-0.05, 0) is 12.8 Å². The Hall–Kier alpha value is -1.56. The van der Waals surface area contributed by atoms with Crippen molar-refractivity contribution in [3.8, 4) is 0 Å². The molecule has 0 radical (unpaired) electrons. The Balaban J connectivity index is 2.32. The Labute approximate surface area is 114 Å². The van der Waals surface area contributed by atoms with Gasteiger partial charge in [0.05, 0.1) is 11.8 Å². The van der Waals surface area contributed by atoms with Gasteiger partial charge in [-0.15, -0.1) is 0 Å². The zero-order chi connectivity index (χ0) is 14.5. The number of rotatable bonds is 6. The molecule has 1 rings (SSSR count). The summed E-state index contributed by atoms with van der Waals surface area (Å²) in [6.07, 6.45) is 4.41. The molecule has 0 aliphatic rings. The highest BCUT2D eigenvalue weighted by atomic mass is 16.3. The molecule has 1 aromatic rings. The molecule has 6 heteroatoms. The molecule has 0 aliphatic heterocycles. The maximum atomic E-state index is 11.6. The van der Waals surface area contributed by atoms with Crippen LogP contribution >= 0.6 is 0 Å². The van der Waals surface area contributed by atoms with E-state index >= 15 is 0 Å². The molecule has 0 fully saturated rings. The number of hydrogen-bond donors (Lipinski definition) is 3. The number of hydrogen-bond acceptors (Lipinski definition) is 3. The van der Waals surface area contributed by atoms with Gasteiger partial charge in [0.15, 0.2) is 0 Å². The predicted molar refractivity (Wildman–Crippen MR) is 73.5 cm³/mol. The van der Waals surface area contributed by atoms with Crippen molar-refractivity contribution >= 4 is 6.03 Å². The van der Waals surface area contributed by atoms with Gasteiger partial charge in [-0.1, -0.05) is 20.3 Å². The SMILES string of the molecule is CCC(C)C(C)(O)CNC(=O)NCc1cnn(C)c1. The summed E-state index contributed by atoms with van der Waals surface area (Å²) in [5.41, 5.74) is 0.0479. The lowest BCUT2D eigenvalue weighted by molar-refractivity contribution is 0.00790. The number of carbonyl (C=O) groups is 1. The van der Waals surface area contributed by atoms with E-state index in [9.17, 15) is 9.90 Å². The van der Waals surface area contributed by atoms with E-state index in [0.717, 1.165) is 12.0 Å². The maximum Gasteiger partial charge on any atom is 0.315 e. The van der Waals surface area contributed by atoms with Crippen LogP contribution in [0.4, 0.5) is 4.79 Å². The first-order chi connectivity index (χ1) is 8.85. The topological polar surface area (TPSA) is 79.2 Å². The van der Waals surface area contributed by atoms with Crippen molar-refractivity contribution in [3.63, 3.8) is 0 Å². The second-order valence-corrected chi connectivity index (χ2v) is 5.22. The first-order valence-corrected chi connectivity index (χ1v) is 6.56. The van der Waals surface area contributed by atoms with Crippen molar-refractivity contribution in [2.45, 2.75) is 39.3 Å². The zero-order valence-corrected chi connectivity index (χ0v) is 12.1. The number of nitrogens with zero attached hydrogens (tertiary/aromatic N) is 2. The van der Waals surface area contributed by atoms with Gasteiger partial charge in [-0.25, -0.2) is 4.79 Å². The Morgan fingerprint density at radius 3 is 2.79 bits per heavy atom. The molecule has 2 atom stereocenters. The van der Waals surface area contributed by atoms with E-state index in [1.54, 1.807) is 17.8 Å². The average Bonchev–Trinajstić information content (AvgIpc) is 2.78. The van der Waals surface area contributed by atoms with Gasteiger partial charge < -0.3 is 15.7 Å². The Bertz CT molecular complexity index is 415. The highest BCUT2D eigenvalue weighted by Gasteiger charge is 2.27.